The second kappa shape index (κ2) is 8.83. The molecule has 3 unspecified atom stereocenters. The number of carbonyl (C=O) groups excluding carboxylic acids is 1. The molecule has 6 nitrogen and oxygen atoms in total. The lowest BCUT2D eigenvalue weighted by Gasteiger charge is -2.16. The second-order valence-electron chi connectivity index (χ2n) is 7.85. The Kier molecular flexibility index (Phi) is 6.47. The summed E-state index contributed by atoms with van der Waals surface area (Å²) in [5, 5.41) is 4.42. The Labute approximate surface area is 161 Å². The van der Waals surface area contributed by atoms with E-state index in [9.17, 15) is 4.79 Å². The van der Waals surface area contributed by atoms with Crippen LogP contribution >= 0.6 is 0 Å². The normalized spacial score (nSPS) is 21.1. The predicted octanol–water partition coefficient (Wildman–Crippen LogP) is 4.44. The molecule has 1 saturated heterocycles. The average Bonchev–Trinajstić information content (AvgIpc) is 3.30. The summed E-state index contributed by atoms with van der Waals surface area (Å²) >= 11 is 0. The first-order valence-electron chi connectivity index (χ1n) is 10.2. The Morgan fingerprint density at radius 3 is 2.89 bits per heavy atom. The molecule has 3 atom stereocenters. The zero-order valence-electron chi connectivity index (χ0n) is 16.9. The molecule has 3 heterocycles. The highest BCUT2D eigenvalue weighted by Gasteiger charge is 2.30. The van der Waals surface area contributed by atoms with E-state index < -0.39 is 0 Å². The maximum absolute atomic E-state index is 12.1. The maximum Gasteiger partial charge on any atom is 0.308 e. The zero-order valence-corrected chi connectivity index (χ0v) is 16.9. The van der Waals surface area contributed by atoms with E-state index in [4.69, 9.17) is 9.47 Å². The highest BCUT2D eigenvalue weighted by Crippen LogP contribution is 2.34. The summed E-state index contributed by atoms with van der Waals surface area (Å²) in [5.74, 6) is 0.186. The van der Waals surface area contributed by atoms with Crippen LogP contribution in [0.15, 0.2) is 18.5 Å². The summed E-state index contributed by atoms with van der Waals surface area (Å²) in [6.45, 7) is 8.67. The van der Waals surface area contributed by atoms with Crippen LogP contribution < -0.4 is 0 Å². The van der Waals surface area contributed by atoms with Crippen molar-refractivity contribution in [2.24, 2.45) is 5.92 Å². The molecule has 0 N–H and O–H groups in total. The summed E-state index contributed by atoms with van der Waals surface area (Å²) in [5.41, 5.74) is 3.12. The van der Waals surface area contributed by atoms with E-state index >= 15 is 0 Å². The third-order valence-electron chi connectivity index (χ3n) is 5.30. The van der Waals surface area contributed by atoms with Gasteiger partial charge in [-0.05, 0) is 37.3 Å². The van der Waals surface area contributed by atoms with Crippen LogP contribution in [0.4, 0.5) is 0 Å². The van der Waals surface area contributed by atoms with Crippen molar-refractivity contribution in [2.45, 2.75) is 77.9 Å². The highest BCUT2D eigenvalue weighted by atomic mass is 16.6. The smallest absolute Gasteiger partial charge is 0.308 e. The van der Waals surface area contributed by atoms with E-state index in [0.29, 0.717) is 12.5 Å². The first-order valence-corrected chi connectivity index (χ1v) is 10.2. The van der Waals surface area contributed by atoms with Gasteiger partial charge in [0.25, 0.3) is 0 Å². The number of rotatable bonds is 8. The van der Waals surface area contributed by atoms with Crippen LogP contribution in [0.25, 0.3) is 5.52 Å². The maximum atomic E-state index is 12.1. The van der Waals surface area contributed by atoms with Crippen molar-refractivity contribution < 1.29 is 14.3 Å². The van der Waals surface area contributed by atoms with Gasteiger partial charge in [0.15, 0.2) is 0 Å². The fourth-order valence-corrected chi connectivity index (χ4v) is 3.65. The summed E-state index contributed by atoms with van der Waals surface area (Å²) in [4.78, 5) is 16.5. The molecule has 27 heavy (non-hydrogen) atoms. The molecule has 0 amide bonds. The molecule has 0 radical (unpaired) electrons. The fraction of sp³-hybridized carbons (Fsp3) is 0.667. The highest BCUT2D eigenvalue weighted by molar-refractivity contribution is 5.71. The predicted molar refractivity (Wildman–Crippen MR) is 104 cm³/mol. The number of aromatic nitrogens is 3. The molecule has 148 valence electrons. The van der Waals surface area contributed by atoms with Gasteiger partial charge in [-0.3, -0.25) is 4.79 Å². The van der Waals surface area contributed by atoms with Crippen molar-refractivity contribution in [3.63, 3.8) is 0 Å². The van der Waals surface area contributed by atoms with Gasteiger partial charge in [0.05, 0.1) is 28.9 Å². The number of ether oxygens (including phenoxy) is 2. The van der Waals surface area contributed by atoms with Crippen LogP contribution in [0, 0.1) is 5.92 Å². The van der Waals surface area contributed by atoms with Gasteiger partial charge in [-0.1, -0.05) is 40.5 Å². The van der Waals surface area contributed by atoms with Gasteiger partial charge in [0, 0.05) is 0 Å². The molecule has 6 heteroatoms. The number of fused-ring (bicyclic) bond motifs is 1. The lowest BCUT2D eigenvalue weighted by atomic mass is 10.1. The summed E-state index contributed by atoms with van der Waals surface area (Å²) in [6.07, 6.45) is 6.36. The molecule has 1 fully saturated rings. The van der Waals surface area contributed by atoms with Crippen LogP contribution in [0.3, 0.4) is 0 Å². The number of esters is 1. The van der Waals surface area contributed by atoms with Gasteiger partial charge in [-0.2, -0.15) is 5.10 Å². The van der Waals surface area contributed by atoms with Crippen molar-refractivity contribution in [1.82, 2.24) is 14.6 Å². The summed E-state index contributed by atoms with van der Waals surface area (Å²) < 4.78 is 13.6. The minimum Gasteiger partial charge on any atom is -0.463 e. The van der Waals surface area contributed by atoms with Crippen LogP contribution in [0.2, 0.25) is 0 Å². The minimum absolute atomic E-state index is 0.0244. The quantitative estimate of drug-likeness (QED) is 0.640. The van der Waals surface area contributed by atoms with E-state index in [2.05, 4.69) is 43.0 Å². The second-order valence-corrected chi connectivity index (χ2v) is 7.85. The van der Waals surface area contributed by atoms with E-state index in [0.717, 1.165) is 49.0 Å². The number of nitrogens with zero attached hydrogens (tertiary/aromatic N) is 3. The SMILES string of the molecule is CCCCC(C)C(=O)OCC1CCC(c2ccc3c(C(C)C)ncnn23)O1. The number of hydrogen-bond donors (Lipinski definition) is 0. The Hall–Kier alpha value is -1.95. The van der Waals surface area contributed by atoms with Gasteiger partial charge in [-0.15, -0.1) is 0 Å². The number of carbonyl (C=O) groups is 1. The first-order chi connectivity index (χ1) is 13.0. The summed E-state index contributed by atoms with van der Waals surface area (Å²) in [6, 6.07) is 4.14. The fourth-order valence-electron chi connectivity index (χ4n) is 3.65. The molecule has 2 aromatic heterocycles. The molecule has 0 bridgehead atoms. The molecule has 0 aliphatic carbocycles. The summed E-state index contributed by atoms with van der Waals surface area (Å²) in [7, 11) is 0. The van der Waals surface area contributed by atoms with Crippen LogP contribution in [-0.2, 0) is 14.3 Å². The van der Waals surface area contributed by atoms with Crippen molar-refractivity contribution in [3.8, 4) is 0 Å². The number of unbranched alkanes of at least 4 members (excludes halogenated alkanes) is 1. The molecule has 2 aromatic rings. The van der Waals surface area contributed by atoms with E-state index in [1.54, 1.807) is 6.33 Å². The number of hydrogen-bond acceptors (Lipinski definition) is 5. The Morgan fingerprint density at radius 1 is 1.33 bits per heavy atom. The van der Waals surface area contributed by atoms with Crippen molar-refractivity contribution in [3.05, 3.63) is 29.8 Å². The Morgan fingerprint density at radius 2 is 2.15 bits per heavy atom. The molecule has 3 rings (SSSR count). The molecular weight excluding hydrogens is 342 g/mol. The molecule has 1 aliphatic heterocycles. The third kappa shape index (κ3) is 4.49. The first kappa shape index (κ1) is 19.8. The van der Waals surface area contributed by atoms with E-state index in [-0.39, 0.29) is 24.1 Å². The molecule has 1 aliphatic rings. The average molecular weight is 373 g/mol. The lowest BCUT2D eigenvalue weighted by Crippen LogP contribution is -2.22. The van der Waals surface area contributed by atoms with Crippen molar-refractivity contribution in [1.29, 1.82) is 0 Å². The molecule has 0 spiro atoms. The van der Waals surface area contributed by atoms with Gasteiger partial charge in [0.1, 0.15) is 19.0 Å². The molecular formula is C21H31N3O3. The van der Waals surface area contributed by atoms with Crippen LogP contribution in [0.1, 0.15) is 83.2 Å². The largest absolute Gasteiger partial charge is 0.463 e. The standard InChI is InChI=1S/C21H31N3O3/c1-5-6-7-15(4)21(25)26-12-16-8-11-19(27-16)17-9-10-18-20(14(2)3)22-13-23-24(17)18/h9-10,13-16,19H,5-8,11-12H2,1-4H3. The minimum atomic E-state index is -0.113. The van der Waals surface area contributed by atoms with Crippen molar-refractivity contribution in [2.75, 3.05) is 6.61 Å². The molecule has 0 aromatic carbocycles. The van der Waals surface area contributed by atoms with Crippen molar-refractivity contribution >= 4 is 11.5 Å². The monoisotopic (exact) mass is 373 g/mol. The zero-order chi connectivity index (χ0) is 19.4. The lowest BCUT2D eigenvalue weighted by molar-refractivity contribution is -0.152. The van der Waals surface area contributed by atoms with E-state index in [1.807, 2.05) is 11.4 Å². The van der Waals surface area contributed by atoms with Crippen LogP contribution in [-0.4, -0.2) is 33.3 Å². The van der Waals surface area contributed by atoms with Gasteiger partial charge in [0.2, 0.25) is 0 Å². The van der Waals surface area contributed by atoms with E-state index in [1.165, 1.54) is 0 Å². The van der Waals surface area contributed by atoms with Crippen LogP contribution in [0.5, 0.6) is 0 Å². The molecule has 0 saturated carbocycles. The van der Waals surface area contributed by atoms with Gasteiger partial charge in [-0.25, -0.2) is 9.50 Å². The Bertz CT molecular complexity index is 771. The van der Waals surface area contributed by atoms with Gasteiger partial charge < -0.3 is 9.47 Å². The Balaban J connectivity index is 1.59. The van der Waals surface area contributed by atoms with Gasteiger partial charge >= 0.3 is 5.97 Å². The third-order valence-corrected chi connectivity index (χ3v) is 5.30. The topological polar surface area (TPSA) is 65.7 Å².